The van der Waals surface area contributed by atoms with Gasteiger partial charge in [0.25, 0.3) is 0 Å². The van der Waals surface area contributed by atoms with Crippen molar-refractivity contribution in [2.75, 3.05) is 0 Å². The molecule has 0 heteroatoms. The Balaban J connectivity index is 0.000000124. The van der Waals surface area contributed by atoms with E-state index in [1.807, 2.05) is 18.2 Å². The molecule has 0 heterocycles. The summed E-state index contributed by atoms with van der Waals surface area (Å²) in [6.45, 7) is 23.8. The summed E-state index contributed by atoms with van der Waals surface area (Å²) in [5.74, 6) is 0. The molecule has 1 aliphatic carbocycles. The fraction of sp³-hybridized carbons (Fsp3) is 0.147. The topological polar surface area (TPSA) is 0 Å². The van der Waals surface area contributed by atoms with Crippen LogP contribution in [0.2, 0.25) is 0 Å². The van der Waals surface area contributed by atoms with Crippen molar-refractivity contribution in [3.63, 3.8) is 0 Å². The van der Waals surface area contributed by atoms with Crippen LogP contribution in [0.3, 0.4) is 0 Å². The van der Waals surface area contributed by atoms with E-state index < -0.39 is 0 Å². The minimum absolute atomic E-state index is 0.0888. The average molecular weight is 881 g/mol. The van der Waals surface area contributed by atoms with Crippen LogP contribution in [-0.4, -0.2) is 0 Å². The van der Waals surface area contributed by atoms with Crippen LogP contribution in [0.1, 0.15) is 69.5 Å². The molecule has 0 aromatic heterocycles. The lowest BCUT2D eigenvalue weighted by Crippen LogP contribution is -2.15. The number of hydrogen-bond acceptors (Lipinski definition) is 0. The molecule has 336 valence electrons. The average Bonchev–Trinajstić information content (AvgIpc) is 3.58. The maximum Gasteiger partial charge on any atom is 0.0159 e. The second-order valence-corrected chi connectivity index (χ2v) is 18.9. The van der Waals surface area contributed by atoms with E-state index in [0.717, 1.165) is 0 Å². The molecule has 0 amide bonds. The van der Waals surface area contributed by atoms with Crippen LogP contribution in [-0.2, 0) is 5.41 Å². The van der Waals surface area contributed by atoms with Crippen LogP contribution in [0.25, 0.3) is 72.1 Å². The predicted molar refractivity (Wildman–Crippen MR) is 298 cm³/mol. The van der Waals surface area contributed by atoms with Gasteiger partial charge in [-0.05, 0) is 159 Å². The zero-order valence-electron chi connectivity index (χ0n) is 41.4. The molecule has 0 radical (unpaired) electrons. The third-order valence-corrected chi connectivity index (χ3v) is 13.9. The van der Waals surface area contributed by atoms with Gasteiger partial charge >= 0.3 is 0 Å². The first-order chi connectivity index (χ1) is 32.9. The molecule has 10 aromatic rings. The van der Waals surface area contributed by atoms with E-state index in [9.17, 15) is 0 Å². The molecule has 0 spiro atoms. The minimum Gasteiger partial charge on any atom is -0.0984 e. The van der Waals surface area contributed by atoms with Crippen molar-refractivity contribution in [2.24, 2.45) is 0 Å². The molecule has 0 atom stereocenters. The van der Waals surface area contributed by atoms with Gasteiger partial charge in [-0.3, -0.25) is 0 Å². The second-order valence-electron chi connectivity index (χ2n) is 18.9. The van der Waals surface area contributed by atoms with Crippen LogP contribution < -0.4 is 0 Å². The Morgan fingerprint density at radius 2 is 0.897 bits per heavy atom. The number of benzene rings is 10. The maximum absolute atomic E-state index is 3.87. The molecular formula is C68H64. The molecule has 0 saturated heterocycles. The Bertz CT molecular complexity index is 3380. The third-order valence-electron chi connectivity index (χ3n) is 13.9. The zero-order chi connectivity index (χ0) is 48.0. The Hall–Kier alpha value is -7.54. The fourth-order valence-corrected chi connectivity index (χ4v) is 9.81. The zero-order valence-corrected chi connectivity index (χ0v) is 41.4. The molecule has 68 heavy (non-hydrogen) atoms. The normalized spacial score (nSPS) is 11.8. The molecule has 0 saturated carbocycles. The van der Waals surface area contributed by atoms with Crippen molar-refractivity contribution in [2.45, 2.75) is 67.7 Å². The first-order valence-electron chi connectivity index (χ1n) is 24.0. The Kier molecular flexibility index (Phi) is 14.2. The summed E-state index contributed by atoms with van der Waals surface area (Å²) >= 11 is 0. The van der Waals surface area contributed by atoms with Crippen molar-refractivity contribution in [3.8, 4) is 44.5 Å². The van der Waals surface area contributed by atoms with Crippen LogP contribution in [0.4, 0.5) is 0 Å². The van der Waals surface area contributed by atoms with Crippen LogP contribution in [0, 0.1) is 48.5 Å². The largest absolute Gasteiger partial charge is 0.0984 e. The summed E-state index contributed by atoms with van der Waals surface area (Å²) in [5, 5.41) is 5.43. The highest BCUT2D eigenvalue weighted by Crippen LogP contribution is 2.52. The summed E-state index contributed by atoms with van der Waals surface area (Å²) in [5.41, 5.74) is 24.3. The molecule has 0 N–H and O–H groups in total. The van der Waals surface area contributed by atoms with Crippen LogP contribution in [0.5, 0.6) is 0 Å². The molecule has 0 bridgehead atoms. The SMILES string of the molecule is C=Cc1ccccc1-c1cccc(C)c1C.Cc1ccc(-c2ccccc2)cc1.Cc1ccc2c(c1)C(C)(C)c1cc(C)c3ccccc3c1-2.Cc1ccccc1-c1ccc2ccccc2c1C. The van der Waals surface area contributed by atoms with Crippen molar-refractivity contribution < 1.29 is 0 Å². The van der Waals surface area contributed by atoms with Crippen molar-refractivity contribution in [1.82, 2.24) is 0 Å². The van der Waals surface area contributed by atoms with Gasteiger partial charge in [-0.2, -0.15) is 0 Å². The molecule has 0 aliphatic heterocycles. The molecule has 11 rings (SSSR count). The highest BCUT2D eigenvalue weighted by atomic mass is 14.4. The fourth-order valence-electron chi connectivity index (χ4n) is 9.81. The standard InChI is InChI=1S/C21H20.C18H16.C16H16.C13H12/c1-13-9-10-17-18(11-13)21(3,4)19-12-14(2)15-7-5-6-8-16(15)20(17)19;1-13-7-3-5-9-16(13)18-12-11-15-8-4-6-10-17(15)14(18)2;1-4-14-9-5-6-10-16(14)15-11-7-8-12(2)13(15)3;1-11-7-9-13(10-8-11)12-5-3-2-4-6-12/h5-12H,1-4H3;3-12H,1-2H3;4-11H,1H2,2-3H3;2-10H,1H3. The summed E-state index contributed by atoms with van der Waals surface area (Å²) in [6.07, 6.45) is 1.91. The first kappa shape index (κ1) is 47.0. The quantitative estimate of drug-likeness (QED) is 0.165. The number of hydrogen-bond donors (Lipinski definition) is 0. The van der Waals surface area contributed by atoms with Crippen LogP contribution in [0.15, 0.2) is 213 Å². The summed E-state index contributed by atoms with van der Waals surface area (Å²) in [4.78, 5) is 0. The predicted octanol–water partition coefficient (Wildman–Crippen LogP) is 19.2. The van der Waals surface area contributed by atoms with E-state index in [0.29, 0.717) is 0 Å². The highest BCUT2D eigenvalue weighted by molar-refractivity contribution is 6.04. The molecule has 0 unspecified atom stereocenters. The summed E-state index contributed by atoms with van der Waals surface area (Å²) < 4.78 is 0. The van der Waals surface area contributed by atoms with Crippen molar-refractivity contribution in [3.05, 3.63) is 268 Å². The maximum atomic E-state index is 3.87. The van der Waals surface area contributed by atoms with Gasteiger partial charge in [-0.1, -0.05) is 244 Å². The molecular weight excluding hydrogens is 817 g/mol. The van der Waals surface area contributed by atoms with Gasteiger partial charge < -0.3 is 0 Å². The van der Waals surface area contributed by atoms with E-state index in [2.05, 4.69) is 263 Å². The molecule has 0 fully saturated rings. The van der Waals surface area contributed by atoms with Gasteiger partial charge in [0.1, 0.15) is 0 Å². The first-order valence-corrected chi connectivity index (χ1v) is 24.0. The van der Waals surface area contributed by atoms with Gasteiger partial charge in [-0.15, -0.1) is 0 Å². The van der Waals surface area contributed by atoms with E-state index in [1.54, 1.807) is 0 Å². The smallest absolute Gasteiger partial charge is 0.0159 e. The Morgan fingerprint density at radius 3 is 1.62 bits per heavy atom. The second kappa shape index (κ2) is 20.5. The van der Waals surface area contributed by atoms with Gasteiger partial charge in [0.2, 0.25) is 0 Å². The van der Waals surface area contributed by atoms with E-state index >= 15 is 0 Å². The lowest BCUT2D eigenvalue weighted by atomic mass is 9.81. The van der Waals surface area contributed by atoms with Crippen molar-refractivity contribution in [1.29, 1.82) is 0 Å². The lowest BCUT2D eigenvalue weighted by molar-refractivity contribution is 0.659. The number of aryl methyl sites for hydroxylation is 6. The number of fused-ring (bicyclic) bond motifs is 6. The van der Waals surface area contributed by atoms with Gasteiger partial charge in [0.05, 0.1) is 0 Å². The van der Waals surface area contributed by atoms with Crippen molar-refractivity contribution >= 4 is 27.6 Å². The molecule has 0 nitrogen and oxygen atoms in total. The highest BCUT2D eigenvalue weighted by Gasteiger charge is 2.36. The molecule has 1 aliphatic rings. The van der Waals surface area contributed by atoms with E-state index in [4.69, 9.17) is 0 Å². The van der Waals surface area contributed by atoms with Gasteiger partial charge in [0.15, 0.2) is 0 Å². The Labute approximate surface area is 406 Å². The monoisotopic (exact) mass is 881 g/mol. The Morgan fingerprint density at radius 1 is 0.353 bits per heavy atom. The lowest BCUT2D eigenvalue weighted by Gasteiger charge is -2.22. The van der Waals surface area contributed by atoms with E-state index in [1.165, 1.54) is 122 Å². The third kappa shape index (κ3) is 9.78. The van der Waals surface area contributed by atoms with Crippen LogP contribution >= 0.6 is 0 Å². The summed E-state index contributed by atoms with van der Waals surface area (Å²) in [7, 11) is 0. The number of rotatable bonds is 4. The molecule has 10 aromatic carbocycles. The van der Waals surface area contributed by atoms with E-state index in [-0.39, 0.29) is 5.41 Å². The minimum atomic E-state index is 0.0888. The van der Waals surface area contributed by atoms with Gasteiger partial charge in [-0.25, -0.2) is 0 Å². The summed E-state index contributed by atoms with van der Waals surface area (Å²) in [6, 6.07) is 73.5. The van der Waals surface area contributed by atoms with Gasteiger partial charge in [0, 0.05) is 5.41 Å².